The van der Waals surface area contributed by atoms with Crippen LogP contribution in [0.4, 0.5) is 0 Å². The van der Waals surface area contributed by atoms with Gasteiger partial charge >= 0.3 is 5.97 Å². The van der Waals surface area contributed by atoms with Crippen molar-refractivity contribution in [3.05, 3.63) is 0 Å². The van der Waals surface area contributed by atoms with E-state index in [2.05, 4.69) is 5.92 Å². The van der Waals surface area contributed by atoms with E-state index in [-0.39, 0.29) is 6.16 Å². The minimum atomic E-state index is -2.90. The van der Waals surface area contributed by atoms with Gasteiger partial charge < -0.3 is 9.26 Å². The number of carbonyl (C=O) groups is 1. The number of hydrogen-bond acceptors (Lipinski definition) is 4. The molecule has 0 fully saturated rings. The van der Waals surface area contributed by atoms with E-state index < -0.39 is 18.9 Å². The van der Waals surface area contributed by atoms with Crippen LogP contribution in [-0.2, 0) is 18.6 Å². The molecule has 0 aromatic heterocycles. The molecule has 0 saturated heterocycles. The Morgan fingerprint density at radius 1 is 1.44 bits per heavy atom. The van der Waals surface area contributed by atoms with E-state index in [1.165, 1.54) is 0 Å². The number of hydrogen-bond donors (Lipinski definition) is 0. The van der Waals surface area contributed by atoms with Gasteiger partial charge in [0.25, 0.3) is 0 Å². The van der Waals surface area contributed by atoms with Crippen LogP contribution in [-0.4, -0.2) is 30.5 Å². The summed E-state index contributed by atoms with van der Waals surface area (Å²) in [4.78, 5) is 11.5. The van der Waals surface area contributed by atoms with Crippen LogP contribution in [0.2, 0.25) is 0 Å². The summed E-state index contributed by atoms with van der Waals surface area (Å²) >= 11 is 0. The Morgan fingerprint density at radius 3 is 2.38 bits per heavy atom. The van der Waals surface area contributed by atoms with Gasteiger partial charge in [-0.05, 0) is 20.8 Å². The van der Waals surface area contributed by atoms with E-state index in [1.807, 2.05) is 0 Å². The number of rotatable bonds is 6. The second-order valence-corrected chi connectivity index (χ2v) is 6.67. The van der Waals surface area contributed by atoms with E-state index in [1.54, 1.807) is 27.7 Å². The van der Waals surface area contributed by atoms with Crippen molar-refractivity contribution in [1.82, 2.24) is 0 Å². The molecule has 0 aliphatic rings. The van der Waals surface area contributed by atoms with Crippen molar-refractivity contribution in [2.45, 2.75) is 33.3 Å². The summed E-state index contributed by atoms with van der Waals surface area (Å²) in [5.74, 6) is 1.75. The predicted octanol–water partition coefficient (Wildman–Crippen LogP) is 2.28. The monoisotopic (exact) mass is 246 g/mol. The molecule has 0 bridgehead atoms. The standard InChI is InChI=1S/C11H19O4P/c1-6-11(4,5)15-10(12)9-16(13,8-3)14-7-2/h1H,7-9H2,2-5H3. The second kappa shape index (κ2) is 6.08. The summed E-state index contributed by atoms with van der Waals surface area (Å²) in [7, 11) is -2.90. The van der Waals surface area contributed by atoms with Crippen LogP contribution in [0.25, 0.3) is 0 Å². The van der Waals surface area contributed by atoms with E-state index in [0.717, 1.165) is 0 Å². The summed E-state index contributed by atoms with van der Waals surface area (Å²) in [6.07, 6.45) is 5.27. The third-order valence-corrected chi connectivity index (χ3v) is 4.37. The molecule has 0 radical (unpaired) electrons. The zero-order valence-corrected chi connectivity index (χ0v) is 11.2. The third kappa shape index (κ3) is 5.34. The maximum absolute atomic E-state index is 12.0. The number of ether oxygens (including phenoxy) is 1. The van der Waals surface area contributed by atoms with Crippen LogP contribution in [0.1, 0.15) is 27.7 Å². The SMILES string of the molecule is C#CC(C)(C)OC(=O)CP(=O)(CC)OCC. The first-order chi connectivity index (χ1) is 7.28. The molecule has 0 aromatic carbocycles. The number of esters is 1. The van der Waals surface area contributed by atoms with Gasteiger partial charge in [0.15, 0.2) is 5.60 Å². The summed E-state index contributed by atoms with van der Waals surface area (Å²) in [5.41, 5.74) is -0.970. The lowest BCUT2D eigenvalue weighted by molar-refractivity contribution is -0.148. The average molecular weight is 246 g/mol. The topological polar surface area (TPSA) is 52.6 Å². The van der Waals surface area contributed by atoms with Gasteiger partial charge in [-0.1, -0.05) is 12.8 Å². The van der Waals surface area contributed by atoms with Gasteiger partial charge in [-0.2, -0.15) is 0 Å². The van der Waals surface area contributed by atoms with Gasteiger partial charge in [-0.25, -0.2) is 0 Å². The van der Waals surface area contributed by atoms with Crippen molar-refractivity contribution in [2.24, 2.45) is 0 Å². The summed E-state index contributed by atoms with van der Waals surface area (Å²) in [6.45, 7) is 6.97. The van der Waals surface area contributed by atoms with Gasteiger partial charge in [-0.15, -0.1) is 6.42 Å². The Bertz CT molecular complexity index is 327. The van der Waals surface area contributed by atoms with Crippen molar-refractivity contribution >= 4 is 13.3 Å². The first-order valence-corrected chi connectivity index (χ1v) is 7.20. The minimum absolute atomic E-state index is 0.220. The summed E-state index contributed by atoms with van der Waals surface area (Å²) in [5, 5.41) is 0. The average Bonchev–Trinajstić information content (AvgIpc) is 2.17. The Hall–Kier alpha value is -0.780. The minimum Gasteiger partial charge on any atom is -0.446 e. The lowest BCUT2D eigenvalue weighted by Gasteiger charge is -2.21. The van der Waals surface area contributed by atoms with E-state index in [0.29, 0.717) is 12.8 Å². The van der Waals surface area contributed by atoms with Crippen molar-refractivity contribution in [3.63, 3.8) is 0 Å². The molecule has 1 unspecified atom stereocenters. The summed E-state index contributed by atoms with van der Waals surface area (Å²) in [6, 6.07) is 0. The molecule has 0 amide bonds. The third-order valence-electron chi connectivity index (χ3n) is 1.93. The van der Waals surface area contributed by atoms with Crippen molar-refractivity contribution in [2.75, 3.05) is 18.9 Å². The van der Waals surface area contributed by atoms with Crippen LogP contribution in [0.15, 0.2) is 0 Å². The van der Waals surface area contributed by atoms with E-state index in [4.69, 9.17) is 15.7 Å². The molecular weight excluding hydrogens is 227 g/mol. The van der Waals surface area contributed by atoms with Gasteiger partial charge in [0.05, 0.1) is 6.61 Å². The Balaban J connectivity index is 4.45. The molecule has 16 heavy (non-hydrogen) atoms. The van der Waals surface area contributed by atoms with Crippen molar-refractivity contribution in [1.29, 1.82) is 0 Å². The number of terminal acetylenes is 1. The van der Waals surface area contributed by atoms with Crippen LogP contribution in [0.5, 0.6) is 0 Å². The molecule has 0 aliphatic carbocycles. The molecule has 0 rings (SSSR count). The highest BCUT2D eigenvalue weighted by Crippen LogP contribution is 2.46. The Kier molecular flexibility index (Phi) is 5.78. The highest BCUT2D eigenvalue weighted by atomic mass is 31.2. The van der Waals surface area contributed by atoms with E-state index >= 15 is 0 Å². The first kappa shape index (κ1) is 15.2. The zero-order valence-electron chi connectivity index (χ0n) is 10.3. The zero-order chi connectivity index (χ0) is 12.8. The van der Waals surface area contributed by atoms with Crippen LogP contribution >= 0.6 is 7.37 Å². The maximum atomic E-state index is 12.0. The van der Waals surface area contributed by atoms with Crippen molar-refractivity contribution < 1.29 is 18.6 Å². The van der Waals surface area contributed by atoms with Crippen molar-refractivity contribution in [3.8, 4) is 12.3 Å². The highest BCUT2D eigenvalue weighted by Gasteiger charge is 2.28. The molecular formula is C11H19O4P. The molecule has 0 N–H and O–H groups in total. The fourth-order valence-electron chi connectivity index (χ4n) is 1.03. The predicted molar refractivity (Wildman–Crippen MR) is 63.6 cm³/mol. The van der Waals surface area contributed by atoms with E-state index in [9.17, 15) is 9.36 Å². The van der Waals surface area contributed by atoms with Gasteiger partial charge in [0, 0.05) is 6.16 Å². The van der Waals surface area contributed by atoms with Gasteiger partial charge in [0.1, 0.15) is 6.16 Å². The fraction of sp³-hybridized carbons (Fsp3) is 0.727. The molecule has 0 spiro atoms. The smallest absolute Gasteiger partial charge is 0.317 e. The highest BCUT2D eigenvalue weighted by molar-refractivity contribution is 7.59. The molecule has 0 heterocycles. The normalized spacial score (nSPS) is 14.9. The van der Waals surface area contributed by atoms with Gasteiger partial charge in [-0.3, -0.25) is 9.36 Å². The summed E-state index contributed by atoms with van der Waals surface area (Å²) < 4.78 is 22.1. The molecule has 1 atom stereocenters. The van der Waals surface area contributed by atoms with Crippen LogP contribution in [0, 0.1) is 12.3 Å². The molecule has 0 aliphatic heterocycles. The Morgan fingerprint density at radius 2 is 2.00 bits per heavy atom. The van der Waals surface area contributed by atoms with Crippen LogP contribution < -0.4 is 0 Å². The molecule has 0 aromatic rings. The Labute approximate surface area is 97.2 Å². The lowest BCUT2D eigenvalue weighted by atomic mass is 10.1. The molecule has 0 saturated carbocycles. The number of carbonyl (C=O) groups excluding carboxylic acids is 1. The first-order valence-electron chi connectivity index (χ1n) is 5.21. The molecule has 4 nitrogen and oxygen atoms in total. The fourth-order valence-corrected chi connectivity index (χ4v) is 2.45. The van der Waals surface area contributed by atoms with Crippen LogP contribution in [0.3, 0.4) is 0 Å². The lowest BCUT2D eigenvalue weighted by Crippen LogP contribution is -2.28. The van der Waals surface area contributed by atoms with Gasteiger partial charge in [0.2, 0.25) is 7.37 Å². The largest absolute Gasteiger partial charge is 0.446 e. The molecule has 92 valence electrons. The second-order valence-electron chi connectivity index (χ2n) is 3.84. The molecule has 5 heteroatoms. The quantitative estimate of drug-likeness (QED) is 0.410. The maximum Gasteiger partial charge on any atom is 0.317 e.